The van der Waals surface area contributed by atoms with E-state index in [4.69, 9.17) is 10.2 Å². The zero-order chi connectivity index (χ0) is 11.0. The number of nitrogens with two attached hydrogens (primary N) is 1. The van der Waals surface area contributed by atoms with E-state index < -0.39 is 0 Å². The molecule has 0 amide bonds. The van der Waals surface area contributed by atoms with E-state index in [1.807, 2.05) is 24.4 Å². The fourth-order valence-electron chi connectivity index (χ4n) is 1.52. The minimum atomic E-state index is 0.370. The Kier molecular flexibility index (Phi) is 1.94. The smallest absolute Gasteiger partial charge is 0.255 e. The average molecular weight is 215 g/mol. The first-order valence-corrected chi connectivity index (χ1v) is 4.83. The van der Waals surface area contributed by atoms with Crippen LogP contribution in [-0.2, 0) is 6.54 Å². The van der Waals surface area contributed by atoms with Crippen LogP contribution < -0.4 is 5.73 Å². The van der Waals surface area contributed by atoms with Crippen LogP contribution >= 0.6 is 0 Å². The van der Waals surface area contributed by atoms with Crippen LogP contribution in [0.4, 0.5) is 0 Å². The van der Waals surface area contributed by atoms with E-state index in [-0.39, 0.29) is 0 Å². The molecule has 2 N–H and O–H groups in total. The number of hydrogen-bond donors (Lipinski definition) is 1. The molecule has 0 unspecified atom stereocenters. The lowest BCUT2D eigenvalue weighted by Gasteiger charge is -1.94. The van der Waals surface area contributed by atoms with Crippen molar-refractivity contribution in [2.75, 3.05) is 0 Å². The van der Waals surface area contributed by atoms with Crippen LogP contribution in [0.2, 0.25) is 0 Å². The van der Waals surface area contributed by atoms with Crippen molar-refractivity contribution in [3.8, 4) is 11.6 Å². The summed E-state index contributed by atoms with van der Waals surface area (Å²) in [6, 6.07) is 5.46. The summed E-state index contributed by atoms with van der Waals surface area (Å²) < 4.78 is 7.27. The molecule has 0 fully saturated rings. The summed E-state index contributed by atoms with van der Waals surface area (Å²) in [5.74, 6) is 2.53. The Hall–Kier alpha value is -2.21. The highest BCUT2D eigenvalue weighted by Crippen LogP contribution is 2.20. The van der Waals surface area contributed by atoms with Crippen LogP contribution in [0.25, 0.3) is 17.4 Å². The highest BCUT2D eigenvalue weighted by Gasteiger charge is 2.11. The Bertz CT molecular complexity index is 627. The molecule has 6 heteroatoms. The summed E-state index contributed by atoms with van der Waals surface area (Å²) in [6.07, 6.45) is 3.50. The van der Waals surface area contributed by atoms with Gasteiger partial charge in [-0.2, -0.15) is 0 Å². The number of hydrogen-bond acceptors (Lipinski definition) is 5. The van der Waals surface area contributed by atoms with Gasteiger partial charge in [0.05, 0.1) is 6.54 Å². The maximum Gasteiger partial charge on any atom is 0.255 e. The predicted octanol–water partition coefficient (Wildman–Crippen LogP) is 0.843. The van der Waals surface area contributed by atoms with Gasteiger partial charge in [-0.3, -0.25) is 4.40 Å². The molecule has 3 aromatic heterocycles. The summed E-state index contributed by atoms with van der Waals surface area (Å²) >= 11 is 0. The van der Waals surface area contributed by atoms with Crippen molar-refractivity contribution in [3.05, 3.63) is 36.4 Å². The molecule has 0 atom stereocenters. The number of furan rings is 1. The molecule has 0 bridgehead atoms. The third kappa shape index (κ3) is 1.28. The van der Waals surface area contributed by atoms with E-state index in [9.17, 15) is 0 Å². The maximum absolute atomic E-state index is 5.51. The van der Waals surface area contributed by atoms with Crippen LogP contribution in [0, 0.1) is 0 Å². The largest absolute Gasteiger partial charge is 0.456 e. The fourth-order valence-corrected chi connectivity index (χ4v) is 1.52. The Labute approximate surface area is 90.7 Å². The van der Waals surface area contributed by atoms with Crippen molar-refractivity contribution in [2.24, 2.45) is 5.73 Å². The van der Waals surface area contributed by atoms with Crippen LogP contribution in [0.1, 0.15) is 5.76 Å². The maximum atomic E-state index is 5.51. The zero-order valence-corrected chi connectivity index (χ0v) is 8.37. The third-order valence-electron chi connectivity index (χ3n) is 2.27. The second-order valence-electron chi connectivity index (χ2n) is 3.28. The summed E-state index contributed by atoms with van der Waals surface area (Å²) in [7, 11) is 0. The highest BCUT2D eigenvalue weighted by atomic mass is 16.3. The predicted molar refractivity (Wildman–Crippen MR) is 56.4 cm³/mol. The van der Waals surface area contributed by atoms with Gasteiger partial charge in [0.2, 0.25) is 5.82 Å². The summed E-state index contributed by atoms with van der Waals surface area (Å²) in [5, 5.41) is 7.97. The molecule has 0 aliphatic rings. The van der Waals surface area contributed by atoms with Gasteiger partial charge >= 0.3 is 0 Å². The Morgan fingerprint density at radius 3 is 3.06 bits per heavy atom. The van der Waals surface area contributed by atoms with E-state index >= 15 is 0 Å². The van der Waals surface area contributed by atoms with Crippen molar-refractivity contribution in [1.29, 1.82) is 0 Å². The molecule has 0 aromatic carbocycles. The summed E-state index contributed by atoms with van der Waals surface area (Å²) in [6.45, 7) is 0.370. The number of rotatable bonds is 2. The van der Waals surface area contributed by atoms with Crippen LogP contribution in [0.15, 0.2) is 35.0 Å². The third-order valence-corrected chi connectivity index (χ3v) is 2.27. The monoisotopic (exact) mass is 215 g/mol. The number of fused-ring (bicyclic) bond motifs is 1. The van der Waals surface area contributed by atoms with Gasteiger partial charge in [0.25, 0.3) is 5.78 Å². The Morgan fingerprint density at radius 2 is 2.25 bits per heavy atom. The number of nitrogens with zero attached hydrogens (tertiary/aromatic N) is 4. The molecule has 0 aliphatic heterocycles. The molecule has 3 heterocycles. The molecule has 0 radical (unpaired) electrons. The van der Waals surface area contributed by atoms with Crippen molar-refractivity contribution < 1.29 is 4.42 Å². The average Bonchev–Trinajstić information content (AvgIpc) is 2.94. The molecule has 3 aromatic rings. The first-order valence-electron chi connectivity index (χ1n) is 4.83. The van der Waals surface area contributed by atoms with Crippen LogP contribution in [0.3, 0.4) is 0 Å². The molecule has 0 aliphatic carbocycles. The minimum Gasteiger partial charge on any atom is -0.456 e. The molecular formula is C10H9N5O. The quantitative estimate of drug-likeness (QED) is 0.685. The van der Waals surface area contributed by atoms with E-state index in [2.05, 4.69) is 15.2 Å². The molecular weight excluding hydrogens is 206 g/mol. The van der Waals surface area contributed by atoms with Crippen molar-refractivity contribution in [3.63, 3.8) is 0 Å². The molecule has 16 heavy (non-hydrogen) atoms. The first kappa shape index (κ1) is 9.05. The van der Waals surface area contributed by atoms with E-state index in [0.29, 0.717) is 23.9 Å². The molecule has 6 nitrogen and oxygen atoms in total. The Balaban J connectivity index is 2.18. The first-order chi connectivity index (χ1) is 7.88. The summed E-state index contributed by atoms with van der Waals surface area (Å²) in [5.41, 5.74) is 5.48. The molecule has 0 saturated heterocycles. The van der Waals surface area contributed by atoms with Crippen LogP contribution in [-0.4, -0.2) is 19.6 Å². The van der Waals surface area contributed by atoms with Gasteiger partial charge in [0.15, 0.2) is 5.76 Å². The normalized spacial score (nSPS) is 11.1. The molecule has 0 saturated carbocycles. The van der Waals surface area contributed by atoms with Gasteiger partial charge in [-0.1, -0.05) is 0 Å². The second-order valence-corrected chi connectivity index (χ2v) is 3.28. The lowest BCUT2D eigenvalue weighted by molar-refractivity contribution is 0.521. The van der Waals surface area contributed by atoms with Crippen LogP contribution in [0.5, 0.6) is 0 Å². The highest BCUT2D eigenvalue weighted by molar-refractivity contribution is 5.51. The lowest BCUT2D eigenvalue weighted by atomic mass is 10.4. The van der Waals surface area contributed by atoms with Crippen molar-refractivity contribution in [2.45, 2.75) is 6.54 Å². The minimum absolute atomic E-state index is 0.370. The number of aromatic nitrogens is 4. The van der Waals surface area contributed by atoms with Crippen molar-refractivity contribution >= 4 is 5.78 Å². The molecule has 3 rings (SSSR count). The van der Waals surface area contributed by atoms with Gasteiger partial charge in [-0.05, 0) is 18.2 Å². The van der Waals surface area contributed by atoms with Gasteiger partial charge < -0.3 is 10.2 Å². The van der Waals surface area contributed by atoms with E-state index in [0.717, 1.165) is 5.76 Å². The van der Waals surface area contributed by atoms with Crippen molar-refractivity contribution in [1.82, 2.24) is 19.6 Å². The van der Waals surface area contributed by atoms with Gasteiger partial charge in [-0.25, -0.2) is 4.98 Å². The van der Waals surface area contributed by atoms with Gasteiger partial charge in [0.1, 0.15) is 5.76 Å². The topological polar surface area (TPSA) is 82.2 Å². The molecule has 80 valence electrons. The lowest BCUT2D eigenvalue weighted by Crippen LogP contribution is -1.93. The van der Waals surface area contributed by atoms with E-state index in [1.54, 1.807) is 10.6 Å². The summed E-state index contributed by atoms with van der Waals surface area (Å²) in [4.78, 5) is 4.08. The second kappa shape index (κ2) is 3.42. The van der Waals surface area contributed by atoms with Gasteiger partial charge in [0, 0.05) is 12.4 Å². The van der Waals surface area contributed by atoms with Gasteiger partial charge in [-0.15, -0.1) is 10.2 Å². The zero-order valence-electron chi connectivity index (χ0n) is 8.37. The molecule has 0 spiro atoms. The van der Waals surface area contributed by atoms with E-state index in [1.165, 1.54) is 0 Å². The Morgan fingerprint density at radius 1 is 1.31 bits per heavy atom. The SMILES string of the molecule is NCc1ccc(-c2nnc3ncccn23)o1. The fraction of sp³-hybridized carbons (Fsp3) is 0.100. The standard InChI is InChI=1S/C10H9N5O/c11-6-7-2-3-8(16-7)9-13-14-10-12-4-1-5-15(9)10/h1-5H,6,11H2.